The van der Waals surface area contributed by atoms with E-state index in [-0.39, 0.29) is 5.91 Å². The summed E-state index contributed by atoms with van der Waals surface area (Å²) in [7, 11) is 0. The number of rotatable bonds is 5. The zero-order valence-electron chi connectivity index (χ0n) is 11.5. The Hall–Kier alpha value is -1.35. The van der Waals surface area contributed by atoms with E-state index in [1.807, 2.05) is 18.2 Å². The van der Waals surface area contributed by atoms with Crippen LogP contribution in [0.5, 0.6) is 0 Å². The molecular formula is C16H24N2O. The van der Waals surface area contributed by atoms with Crippen LogP contribution < -0.4 is 11.1 Å². The number of amides is 1. The predicted molar refractivity (Wildman–Crippen MR) is 77.7 cm³/mol. The molecule has 1 fully saturated rings. The van der Waals surface area contributed by atoms with E-state index in [0.717, 1.165) is 25.8 Å². The minimum atomic E-state index is 0.156. The zero-order valence-corrected chi connectivity index (χ0v) is 11.5. The van der Waals surface area contributed by atoms with Crippen LogP contribution in [0.25, 0.3) is 0 Å². The van der Waals surface area contributed by atoms with Gasteiger partial charge in [0.05, 0.1) is 0 Å². The molecule has 0 aromatic heterocycles. The van der Waals surface area contributed by atoms with Crippen LogP contribution in [0.2, 0.25) is 0 Å². The SMILES string of the molecule is NC1CCCC(CNC(=O)CCc2ccccc2)C1. The lowest BCUT2D eigenvalue weighted by Crippen LogP contribution is -2.35. The second kappa shape index (κ2) is 7.29. The number of nitrogens with one attached hydrogen (secondary N) is 1. The fraction of sp³-hybridized carbons (Fsp3) is 0.562. The number of benzene rings is 1. The fourth-order valence-electron chi connectivity index (χ4n) is 2.77. The van der Waals surface area contributed by atoms with Gasteiger partial charge in [-0.3, -0.25) is 4.79 Å². The second-order valence-corrected chi connectivity index (χ2v) is 5.58. The maximum absolute atomic E-state index is 11.8. The molecular weight excluding hydrogens is 236 g/mol. The molecule has 2 atom stereocenters. The number of nitrogens with two attached hydrogens (primary N) is 1. The normalized spacial score (nSPS) is 23.0. The van der Waals surface area contributed by atoms with Gasteiger partial charge in [-0.05, 0) is 37.2 Å². The highest BCUT2D eigenvalue weighted by molar-refractivity contribution is 5.76. The fourth-order valence-corrected chi connectivity index (χ4v) is 2.77. The predicted octanol–water partition coefficient (Wildman–Crippen LogP) is 2.25. The zero-order chi connectivity index (χ0) is 13.5. The monoisotopic (exact) mass is 260 g/mol. The average molecular weight is 260 g/mol. The minimum Gasteiger partial charge on any atom is -0.356 e. The van der Waals surface area contributed by atoms with E-state index in [1.165, 1.54) is 18.4 Å². The summed E-state index contributed by atoms with van der Waals surface area (Å²) in [6, 6.07) is 10.5. The lowest BCUT2D eigenvalue weighted by molar-refractivity contribution is -0.121. The first-order valence-electron chi connectivity index (χ1n) is 7.30. The van der Waals surface area contributed by atoms with Crippen molar-refractivity contribution in [3.8, 4) is 0 Å². The Kier molecular flexibility index (Phi) is 5.40. The van der Waals surface area contributed by atoms with Crippen LogP contribution in [-0.2, 0) is 11.2 Å². The number of hydrogen-bond acceptors (Lipinski definition) is 2. The molecule has 0 heterocycles. The van der Waals surface area contributed by atoms with Crippen LogP contribution in [0, 0.1) is 5.92 Å². The van der Waals surface area contributed by atoms with E-state index < -0.39 is 0 Å². The van der Waals surface area contributed by atoms with Gasteiger partial charge in [0.25, 0.3) is 0 Å². The summed E-state index contributed by atoms with van der Waals surface area (Å²) >= 11 is 0. The summed E-state index contributed by atoms with van der Waals surface area (Å²) < 4.78 is 0. The average Bonchev–Trinajstić information content (AvgIpc) is 2.44. The molecule has 3 heteroatoms. The van der Waals surface area contributed by atoms with Crippen molar-refractivity contribution in [3.63, 3.8) is 0 Å². The van der Waals surface area contributed by atoms with Crippen molar-refractivity contribution in [3.05, 3.63) is 35.9 Å². The van der Waals surface area contributed by atoms with Crippen LogP contribution in [-0.4, -0.2) is 18.5 Å². The highest BCUT2D eigenvalue weighted by Gasteiger charge is 2.19. The Morgan fingerprint density at radius 3 is 2.79 bits per heavy atom. The first-order chi connectivity index (χ1) is 9.24. The molecule has 3 nitrogen and oxygen atoms in total. The molecule has 0 bridgehead atoms. The smallest absolute Gasteiger partial charge is 0.220 e. The third-order valence-electron chi connectivity index (χ3n) is 3.89. The molecule has 2 rings (SSSR count). The van der Waals surface area contributed by atoms with E-state index >= 15 is 0 Å². The Balaban J connectivity index is 1.64. The highest BCUT2D eigenvalue weighted by atomic mass is 16.1. The molecule has 1 aromatic carbocycles. The quantitative estimate of drug-likeness (QED) is 0.853. The van der Waals surface area contributed by atoms with Gasteiger partial charge in [-0.2, -0.15) is 0 Å². The van der Waals surface area contributed by atoms with Gasteiger partial charge in [-0.1, -0.05) is 36.8 Å². The van der Waals surface area contributed by atoms with E-state index in [4.69, 9.17) is 5.73 Å². The molecule has 1 aliphatic carbocycles. The van der Waals surface area contributed by atoms with Crippen molar-refractivity contribution >= 4 is 5.91 Å². The number of carbonyl (C=O) groups is 1. The van der Waals surface area contributed by atoms with E-state index in [0.29, 0.717) is 18.4 Å². The van der Waals surface area contributed by atoms with Gasteiger partial charge in [0.15, 0.2) is 0 Å². The molecule has 0 aliphatic heterocycles. The largest absolute Gasteiger partial charge is 0.356 e. The highest BCUT2D eigenvalue weighted by Crippen LogP contribution is 2.22. The number of hydrogen-bond donors (Lipinski definition) is 2. The summed E-state index contributed by atoms with van der Waals surface area (Å²) in [6.07, 6.45) is 5.98. The summed E-state index contributed by atoms with van der Waals surface area (Å²) in [5.74, 6) is 0.729. The second-order valence-electron chi connectivity index (χ2n) is 5.58. The first kappa shape index (κ1) is 14.1. The van der Waals surface area contributed by atoms with Crippen molar-refractivity contribution in [2.45, 2.75) is 44.6 Å². The van der Waals surface area contributed by atoms with Gasteiger partial charge < -0.3 is 11.1 Å². The number of carbonyl (C=O) groups excluding carboxylic acids is 1. The van der Waals surface area contributed by atoms with Crippen LogP contribution >= 0.6 is 0 Å². The number of aryl methyl sites for hydroxylation is 1. The van der Waals surface area contributed by atoms with Crippen LogP contribution in [0.1, 0.15) is 37.7 Å². The summed E-state index contributed by atoms with van der Waals surface area (Å²) in [4.78, 5) is 11.8. The van der Waals surface area contributed by atoms with E-state index in [2.05, 4.69) is 17.4 Å². The topological polar surface area (TPSA) is 55.1 Å². The molecule has 3 N–H and O–H groups in total. The van der Waals surface area contributed by atoms with Gasteiger partial charge in [-0.25, -0.2) is 0 Å². The summed E-state index contributed by atoms with van der Waals surface area (Å²) in [5, 5.41) is 3.05. The molecule has 1 saturated carbocycles. The van der Waals surface area contributed by atoms with E-state index in [9.17, 15) is 4.79 Å². The lowest BCUT2D eigenvalue weighted by atomic mass is 9.86. The Labute approximate surface area is 115 Å². The molecule has 0 spiro atoms. The minimum absolute atomic E-state index is 0.156. The molecule has 0 radical (unpaired) electrons. The van der Waals surface area contributed by atoms with Gasteiger partial charge in [0.1, 0.15) is 0 Å². The van der Waals surface area contributed by atoms with Gasteiger partial charge in [0, 0.05) is 19.0 Å². The standard InChI is InChI=1S/C16H24N2O/c17-15-8-4-7-14(11-15)12-18-16(19)10-9-13-5-2-1-3-6-13/h1-3,5-6,14-15H,4,7-12,17H2,(H,18,19). The summed E-state index contributed by atoms with van der Waals surface area (Å²) in [5.41, 5.74) is 7.17. The van der Waals surface area contributed by atoms with E-state index in [1.54, 1.807) is 0 Å². The maximum atomic E-state index is 11.8. The molecule has 1 aromatic rings. The van der Waals surface area contributed by atoms with Crippen LogP contribution in [0.3, 0.4) is 0 Å². The molecule has 19 heavy (non-hydrogen) atoms. The Morgan fingerprint density at radius 1 is 1.26 bits per heavy atom. The lowest BCUT2D eigenvalue weighted by Gasteiger charge is -2.26. The molecule has 0 saturated heterocycles. The van der Waals surface area contributed by atoms with Gasteiger partial charge in [0.2, 0.25) is 5.91 Å². The van der Waals surface area contributed by atoms with Crippen LogP contribution in [0.4, 0.5) is 0 Å². The summed E-state index contributed by atoms with van der Waals surface area (Å²) in [6.45, 7) is 0.793. The maximum Gasteiger partial charge on any atom is 0.220 e. The van der Waals surface area contributed by atoms with Gasteiger partial charge in [-0.15, -0.1) is 0 Å². The Morgan fingerprint density at radius 2 is 2.05 bits per heavy atom. The third-order valence-corrected chi connectivity index (χ3v) is 3.89. The first-order valence-corrected chi connectivity index (χ1v) is 7.30. The van der Waals surface area contributed by atoms with Crippen molar-refractivity contribution in [2.24, 2.45) is 11.7 Å². The van der Waals surface area contributed by atoms with Crippen LogP contribution in [0.15, 0.2) is 30.3 Å². The van der Waals surface area contributed by atoms with Crippen molar-refractivity contribution in [2.75, 3.05) is 6.54 Å². The molecule has 104 valence electrons. The third kappa shape index (κ3) is 5.03. The molecule has 1 amide bonds. The Bertz CT molecular complexity index is 391. The molecule has 2 unspecified atom stereocenters. The van der Waals surface area contributed by atoms with Crippen molar-refractivity contribution < 1.29 is 4.79 Å². The van der Waals surface area contributed by atoms with Crippen molar-refractivity contribution in [1.82, 2.24) is 5.32 Å². The molecule has 1 aliphatic rings. The van der Waals surface area contributed by atoms with Crippen molar-refractivity contribution in [1.29, 1.82) is 0 Å². The van der Waals surface area contributed by atoms with Gasteiger partial charge >= 0.3 is 0 Å².